The molecule has 5 heteroatoms. The molecule has 1 unspecified atom stereocenters. The summed E-state index contributed by atoms with van der Waals surface area (Å²) < 4.78 is 5.38. The van der Waals surface area contributed by atoms with Crippen molar-refractivity contribution in [2.24, 2.45) is 0 Å². The predicted octanol–water partition coefficient (Wildman–Crippen LogP) is 4.71. The SMILES string of the molecule is COc1cccc(CN(C(=O)Cc2ccccc2C)C(Cc2ccccc2)C(=O)NC(C)C)c1. The van der Waals surface area contributed by atoms with Crippen molar-refractivity contribution in [3.63, 3.8) is 0 Å². The van der Waals surface area contributed by atoms with Gasteiger partial charge in [0.05, 0.1) is 13.5 Å². The molecule has 0 saturated heterocycles. The van der Waals surface area contributed by atoms with Crippen LogP contribution in [-0.2, 0) is 29.0 Å². The van der Waals surface area contributed by atoms with E-state index in [1.807, 2.05) is 99.6 Å². The van der Waals surface area contributed by atoms with Crippen LogP contribution in [0.4, 0.5) is 0 Å². The van der Waals surface area contributed by atoms with Crippen LogP contribution in [0.25, 0.3) is 0 Å². The number of nitrogens with one attached hydrogen (secondary N) is 1. The number of benzene rings is 3. The van der Waals surface area contributed by atoms with Gasteiger partial charge in [0.15, 0.2) is 0 Å². The summed E-state index contributed by atoms with van der Waals surface area (Å²) in [7, 11) is 1.62. The summed E-state index contributed by atoms with van der Waals surface area (Å²) in [6.45, 7) is 6.17. The molecule has 0 aliphatic carbocycles. The first kappa shape index (κ1) is 25.0. The molecule has 0 aromatic heterocycles. The Kier molecular flexibility index (Phi) is 8.86. The number of methoxy groups -OCH3 is 1. The third-order valence-corrected chi connectivity index (χ3v) is 5.79. The van der Waals surface area contributed by atoms with Crippen LogP contribution in [-0.4, -0.2) is 35.9 Å². The molecule has 3 aromatic carbocycles. The zero-order valence-electron chi connectivity index (χ0n) is 20.5. The molecule has 1 N–H and O–H groups in total. The molecular weight excluding hydrogens is 424 g/mol. The Morgan fingerprint density at radius 1 is 0.912 bits per heavy atom. The summed E-state index contributed by atoms with van der Waals surface area (Å²) in [5.41, 5.74) is 3.94. The average Bonchev–Trinajstić information content (AvgIpc) is 2.83. The van der Waals surface area contributed by atoms with Crippen LogP contribution in [0.2, 0.25) is 0 Å². The van der Waals surface area contributed by atoms with E-state index in [0.29, 0.717) is 13.0 Å². The van der Waals surface area contributed by atoms with Gasteiger partial charge < -0.3 is 15.0 Å². The quantitative estimate of drug-likeness (QED) is 0.479. The number of ether oxygens (including phenoxy) is 1. The molecule has 34 heavy (non-hydrogen) atoms. The standard InChI is InChI=1S/C29H34N2O3/c1-21(2)30-29(33)27(18-23-12-6-5-7-13-23)31(20-24-14-10-16-26(17-24)34-4)28(32)19-25-15-9-8-11-22(25)3/h5-17,21,27H,18-20H2,1-4H3,(H,30,33). The second-order valence-corrected chi connectivity index (χ2v) is 8.85. The zero-order valence-corrected chi connectivity index (χ0v) is 20.5. The Labute approximate surface area is 202 Å². The van der Waals surface area contributed by atoms with E-state index in [4.69, 9.17) is 4.74 Å². The number of carbonyl (C=O) groups is 2. The fourth-order valence-corrected chi connectivity index (χ4v) is 3.98. The van der Waals surface area contributed by atoms with Gasteiger partial charge in [-0.1, -0.05) is 66.7 Å². The molecule has 3 rings (SSSR count). The minimum Gasteiger partial charge on any atom is -0.497 e. The van der Waals surface area contributed by atoms with Crippen LogP contribution in [0.1, 0.15) is 36.1 Å². The summed E-state index contributed by atoms with van der Waals surface area (Å²) in [6.07, 6.45) is 0.666. The van der Waals surface area contributed by atoms with Crippen molar-refractivity contribution in [1.29, 1.82) is 0 Å². The molecule has 0 aliphatic heterocycles. The maximum absolute atomic E-state index is 13.8. The number of hydrogen-bond donors (Lipinski definition) is 1. The van der Waals surface area contributed by atoms with Gasteiger partial charge in [0.25, 0.3) is 0 Å². The van der Waals surface area contributed by atoms with Crippen molar-refractivity contribution in [3.05, 3.63) is 101 Å². The van der Waals surface area contributed by atoms with Crippen molar-refractivity contribution < 1.29 is 14.3 Å². The monoisotopic (exact) mass is 458 g/mol. The van der Waals surface area contributed by atoms with E-state index < -0.39 is 6.04 Å². The number of rotatable bonds is 10. The Hall–Kier alpha value is -3.60. The van der Waals surface area contributed by atoms with Crippen LogP contribution in [0.5, 0.6) is 5.75 Å². The van der Waals surface area contributed by atoms with Crippen LogP contribution in [0.15, 0.2) is 78.9 Å². The lowest BCUT2D eigenvalue weighted by Crippen LogP contribution is -2.52. The Morgan fingerprint density at radius 3 is 2.26 bits per heavy atom. The largest absolute Gasteiger partial charge is 0.497 e. The second-order valence-electron chi connectivity index (χ2n) is 8.85. The summed E-state index contributed by atoms with van der Waals surface area (Å²) in [5.74, 6) is 0.479. The van der Waals surface area contributed by atoms with Gasteiger partial charge in [-0.2, -0.15) is 0 Å². The third kappa shape index (κ3) is 6.95. The highest BCUT2D eigenvalue weighted by Gasteiger charge is 2.31. The minimum atomic E-state index is -0.646. The zero-order chi connectivity index (χ0) is 24.5. The Morgan fingerprint density at radius 2 is 1.59 bits per heavy atom. The van der Waals surface area contributed by atoms with Gasteiger partial charge in [0.1, 0.15) is 11.8 Å². The normalized spacial score (nSPS) is 11.7. The van der Waals surface area contributed by atoms with Crippen molar-refractivity contribution >= 4 is 11.8 Å². The van der Waals surface area contributed by atoms with E-state index in [1.165, 1.54) is 0 Å². The summed E-state index contributed by atoms with van der Waals surface area (Å²) >= 11 is 0. The van der Waals surface area contributed by atoms with E-state index in [2.05, 4.69) is 5.32 Å². The topological polar surface area (TPSA) is 58.6 Å². The van der Waals surface area contributed by atoms with E-state index in [1.54, 1.807) is 12.0 Å². The van der Waals surface area contributed by atoms with Crippen molar-refractivity contribution in [1.82, 2.24) is 10.2 Å². The van der Waals surface area contributed by atoms with Crippen LogP contribution in [0, 0.1) is 6.92 Å². The first-order valence-corrected chi connectivity index (χ1v) is 11.7. The fraction of sp³-hybridized carbons (Fsp3) is 0.310. The van der Waals surface area contributed by atoms with Gasteiger partial charge in [0.2, 0.25) is 11.8 Å². The maximum Gasteiger partial charge on any atom is 0.243 e. The van der Waals surface area contributed by atoms with E-state index in [-0.39, 0.29) is 24.3 Å². The molecule has 1 atom stereocenters. The molecule has 0 spiro atoms. The van der Waals surface area contributed by atoms with Gasteiger partial charge >= 0.3 is 0 Å². The number of carbonyl (C=O) groups excluding carboxylic acids is 2. The van der Waals surface area contributed by atoms with Gasteiger partial charge in [-0.25, -0.2) is 0 Å². The van der Waals surface area contributed by atoms with Crippen LogP contribution in [0.3, 0.4) is 0 Å². The fourth-order valence-electron chi connectivity index (χ4n) is 3.98. The Balaban J connectivity index is 1.99. The molecular formula is C29H34N2O3. The highest BCUT2D eigenvalue weighted by Crippen LogP contribution is 2.20. The molecule has 0 radical (unpaired) electrons. The molecule has 0 bridgehead atoms. The molecule has 3 aromatic rings. The van der Waals surface area contributed by atoms with Crippen molar-refractivity contribution in [2.45, 2.75) is 52.2 Å². The molecule has 0 saturated carbocycles. The average molecular weight is 459 g/mol. The first-order chi connectivity index (χ1) is 16.4. The van der Waals surface area contributed by atoms with Gasteiger partial charge in [-0.3, -0.25) is 9.59 Å². The summed E-state index contributed by atoms with van der Waals surface area (Å²) in [6, 6.07) is 24.7. The second kappa shape index (κ2) is 12.0. The van der Waals surface area contributed by atoms with E-state index in [0.717, 1.165) is 28.0 Å². The molecule has 0 fully saturated rings. The van der Waals surface area contributed by atoms with Gasteiger partial charge in [0, 0.05) is 19.0 Å². The number of amides is 2. The number of aryl methyl sites for hydroxylation is 1. The summed E-state index contributed by atoms with van der Waals surface area (Å²) in [5, 5.41) is 3.02. The predicted molar refractivity (Wildman–Crippen MR) is 136 cm³/mol. The minimum absolute atomic E-state index is 0.0316. The molecule has 178 valence electrons. The number of hydrogen-bond acceptors (Lipinski definition) is 3. The maximum atomic E-state index is 13.8. The van der Waals surface area contributed by atoms with Crippen LogP contribution < -0.4 is 10.1 Å². The Bertz CT molecular complexity index is 1100. The molecule has 2 amide bonds. The lowest BCUT2D eigenvalue weighted by atomic mass is 10.00. The highest BCUT2D eigenvalue weighted by molar-refractivity contribution is 5.89. The lowest BCUT2D eigenvalue weighted by Gasteiger charge is -2.32. The van der Waals surface area contributed by atoms with Crippen LogP contribution >= 0.6 is 0 Å². The first-order valence-electron chi connectivity index (χ1n) is 11.7. The highest BCUT2D eigenvalue weighted by atomic mass is 16.5. The summed E-state index contributed by atoms with van der Waals surface area (Å²) in [4.78, 5) is 28.9. The lowest BCUT2D eigenvalue weighted by molar-refractivity contribution is -0.141. The van der Waals surface area contributed by atoms with E-state index >= 15 is 0 Å². The van der Waals surface area contributed by atoms with Crippen molar-refractivity contribution in [3.8, 4) is 5.75 Å². The van der Waals surface area contributed by atoms with Gasteiger partial charge in [-0.15, -0.1) is 0 Å². The van der Waals surface area contributed by atoms with E-state index in [9.17, 15) is 9.59 Å². The molecule has 0 heterocycles. The van der Waals surface area contributed by atoms with Gasteiger partial charge in [-0.05, 0) is 55.2 Å². The molecule has 5 nitrogen and oxygen atoms in total. The smallest absolute Gasteiger partial charge is 0.243 e. The molecule has 0 aliphatic rings. The third-order valence-electron chi connectivity index (χ3n) is 5.79. The van der Waals surface area contributed by atoms with Crippen molar-refractivity contribution in [2.75, 3.05) is 7.11 Å². The number of nitrogens with zero attached hydrogens (tertiary/aromatic N) is 1.